The van der Waals surface area contributed by atoms with Crippen molar-refractivity contribution in [3.63, 3.8) is 0 Å². The van der Waals surface area contributed by atoms with Crippen molar-refractivity contribution in [1.29, 1.82) is 0 Å². The van der Waals surface area contributed by atoms with Gasteiger partial charge in [0, 0.05) is 24.4 Å². The normalized spacial score (nSPS) is 17.7. The Morgan fingerprint density at radius 3 is 2.47 bits per heavy atom. The number of piperidine rings is 1. The number of carbonyl (C=O) groups is 1. The minimum Gasteiger partial charge on any atom is -0.494 e. The summed E-state index contributed by atoms with van der Waals surface area (Å²) in [5, 5.41) is 5.99. The lowest BCUT2D eigenvalue weighted by molar-refractivity contribution is 0.0106. The predicted molar refractivity (Wildman–Crippen MR) is 145 cm³/mol. The van der Waals surface area contributed by atoms with Gasteiger partial charge in [-0.2, -0.15) is 0 Å². The van der Waals surface area contributed by atoms with E-state index in [1.165, 1.54) is 21.9 Å². The molecule has 4 aromatic carbocycles. The second-order valence-electron chi connectivity index (χ2n) is 9.44. The van der Waals surface area contributed by atoms with Crippen molar-refractivity contribution in [3.8, 4) is 5.75 Å². The number of Topliss-reactive ketones (excluding diaryl/α,β-unsaturated/α-hetero) is 1. The van der Waals surface area contributed by atoms with Gasteiger partial charge in [0.2, 0.25) is 0 Å². The van der Waals surface area contributed by atoms with Gasteiger partial charge < -0.3 is 14.8 Å². The van der Waals surface area contributed by atoms with E-state index in [9.17, 15) is 4.79 Å². The van der Waals surface area contributed by atoms with Crippen LogP contribution < -0.4 is 10.1 Å². The number of benzene rings is 4. The van der Waals surface area contributed by atoms with Crippen LogP contribution in [0, 0.1) is 0 Å². The van der Waals surface area contributed by atoms with Gasteiger partial charge in [-0.3, -0.25) is 4.79 Å². The highest BCUT2D eigenvalue weighted by Crippen LogP contribution is 2.30. The molecule has 0 saturated carbocycles. The van der Waals surface area contributed by atoms with Crippen molar-refractivity contribution in [2.45, 2.75) is 37.9 Å². The van der Waals surface area contributed by atoms with Gasteiger partial charge in [-0.05, 0) is 59.5 Å². The van der Waals surface area contributed by atoms with E-state index in [2.05, 4.69) is 59.9 Å². The van der Waals surface area contributed by atoms with Crippen LogP contribution in [-0.4, -0.2) is 31.6 Å². The van der Waals surface area contributed by atoms with Crippen molar-refractivity contribution < 1.29 is 14.3 Å². The van der Waals surface area contributed by atoms with Gasteiger partial charge in [-0.25, -0.2) is 0 Å². The topological polar surface area (TPSA) is 47.6 Å². The Morgan fingerprint density at radius 1 is 0.861 bits per heavy atom. The molecule has 0 aromatic heterocycles. The summed E-state index contributed by atoms with van der Waals surface area (Å²) < 4.78 is 12.3. The smallest absolute Gasteiger partial charge is 0.163 e. The lowest BCUT2D eigenvalue weighted by atomic mass is 9.87. The van der Waals surface area contributed by atoms with Gasteiger partial charge in [0.15, 0.2) is 5.78 Å². The van der Waals surface area contributed by atoms with Crippen LogP contribution in [0.4, 0.5) is 0 Å². The third kappa shape index (κ3) is 6.20. The van der Waals surface area contributed by atoms with Gasteiger partial charge in [0.25, 0.3) is 0 Å². The molecule has 0 spiro atoms. The Kier molecular flexibility index (Phi) is 8.06. The van der Waals surface area contributed by atoms with Gasteiger partial charge in [0.05, 0.1) is 19.3 Å². The molecule has 1 aliphatic heterocycles. The van der Waals surface area contributed by atoms with E-state index >= 15 is 0 Å². The van der Waals surface area contributed by atoms with E-state index in [0.29, 0.717) is 32.0 Å². The van der Waals surface area contributed by atoms with Crippen molar-refractivity contribution >= 4 is 16.6 Å². The van der Waals surface area contributed by atoms with Crippen LogP contribution in [0.25, 0.3) is 10.8 Å². The highest BCUT2D eigenvalue weighted by molar-refractivity contribution is 5.95. The summed E-state index contributed by atoms with van der Waals surface area (Å²) in [7, 11) is 0. The average Bonchev–Trinajstić information content (AvgIpc) is 2.95. The van der Waals surface area contributed by atoms with Gasteiger partial charge >= 0.3 is 0 Å². The Balaban J connectivity index is 1.13. The second kappa shape index (κ2) is 12.0. The molecular formula is C32H33NO3. The zero-order valence-electron chi connectivity index (χ0n) is 20.6. The van der Waals surface area contributed by atoms with E-state index < -0.39 is 0 Å². The monoisotopic (exact) mass is 479 g/mol. The Hall–Kier alpha value is -3.47. The molecular weight excluding hydrogens is 446 g/mol. The molecule has 1 fully saturated rings. The number of fused-ring (bicyclic) bond motifs is 1. The number of carbonyl (C=O) groups excluding carboxylic acids is 1. The molecule has 0 aliphatic carbocycles. The molecule has 1 heterocycles. The Labute approximate surface area is 213 Å². The number of rotatable bonds is 10. The maximum absolute atomic E-state index is 12.2. The van der Waals surface area contributed by atoms with Crippen LogP contribution in [0.15, 0.2) is 97.1 Å². The third-order valence-electron chi connectivity index (χ3n) is 6.93. The fraction of sp³-hybridized carbons (Fsp3) is 0.281. The Bertz CT molecular complexity index is 1270. The van der Waals surface area contributed by atoms with Crippen molar-refractivity contribution in [3.05, 3.63) is 114 Å². The van der Waals surface area contributed by atoms with Gasteiger partial charge in [-0.15, -0.1) is 0 Å². The summed E-state index contributed by atoms with van der Waals surface area (Å²) in [5.74, 6) is 1.35. The van der Waals surface area contributed by atoms with E-state index in [1.807, 2.05) is 42.5 Å². The highest BCUT2D eigenvalue weighted by atomic mass is 16.5. The lowest BCUT2D eigenvalue weighted by Gasteiger charge is -2.32. The fourth-order valence-electron chi connectivity index (χ4n) is 4.92. The quantitative estimate of drug-likeness (QED) is 0.207. The first-order valence-corrected chi connectivity index (χ1v) is 12.9. The van der Waals surface area contributed by atoms with E-state index in [-0.39, 0.29) is 11.9 Å². The predicted octanol–water partition coefficient (Wildman–Crippen LogP) is 6.54. The van der Waals surface area contributed by atoms with E-state index in [0.717, 1.165) is 30.8 Å². The van der Waals surface area contributed by atoms with E-state index in [1.54, 1.807) is 0 Å². The highest BCUT2D eigenvalue weighted by Gasteiger charge is 2.27. The first-order chi connectivity index (χ1) is 17.8. The minimum atomic E-state index is 0.126. The average molecular weight is 480 g/mol. The minimum absolute atomic E-state index is 0.126. The summed E-state index contributed by atoms with van der Waals surface area (Å²) in [6.07, 6.45) is 2.37. The van der Waals surface area contributed by atoms with Gasteiger partial charge in [0.1, 0.15) is 5.75 Å². The summed E-state index contributed by atoms with van der Waals surface area (Å²) in [6, 6.07) is 32.8. The lowest BCUT2D eigenvalue weighted by Crippen LogP contribution is -2.40. The largest absolute Gasteiger partial charge is 0.494 e. The molecule has 0 radical (unpaired) electrons. The first-order valence-electron chi connectivity index (χ1n) is 12.9. The molecule has 2 unspecified atom stereocenters. The number of nitrogens with one attached hydrogen (secondary N) is 1. The van der Waals surface area contributed by atoms with Crippen molar-refractivity contribution in [1.82, 2.24) is 5.32 Å². The van der Waals surface area contributed by atoms with Crippen LogP contribution in [0.2, 0.25) is 0 Å². The summed E-state index contributed by atoms with van der Waals surface area (Å²) in [4.78, 5) is 12.2. The molecule has 5 rings (SSSR count). The summed E-state index contributed by atoms with van der Waals surface area (Å²) in [5.41, 5.74) is 3.25. The number of hydrogen-bond acceptors (Lipinski definition) is 4. The van der Waals surface area contributed by atoms with Crippen LogP contribution in [0.5, 0.6) is 5.75 Å². The third-order valence-corrected chi connectivity index (χ3v) is 6.93. The second-order valence-corrected chi connectivity index (χ2v) is 9.44. The number of hydrogen-bond donors (Lipinski definition) is 1. The maximum Gasteiger partial charge on any atom is 0.163 e. The molecule has 1 saturated heterocycles. The van der Waals surface area contributed by atoms with Crippen molar-refractivity contribution in [2.75, 3.05) is 19.7 Å². The maximum atomic E-state index is 12.2. The fourth-order valence-corrected chi connectivity index (χ4v) is 4.92. The Morgan fingerprint density at radius 2 is 1.64 bits per heavy atom. The van der Waals surface area contributed by atoms with Crippen LogP contribution in [0.1, 0.15) is 46.7 Å². The standard InChI is InChI=1S/C32H33NO3/c34-31(27-8-2-1-3-9-27)11-6-20-35-29-16-14-26(15-17-29)30-18-19-33-22-32(30)36-23-24-12-13-25-7-4-5-10-28(25)21-24/h1-5,7-10,12-17,21,30,32-33H,6,11,18-20,22-23H2. The van der Waals surface area contributed by atoms with Gasteiger partial charge in [-0.1, -0.05) is 78.9 Å². The molecule has 4 heteroatoms. The molecule has 184 valence electrons. The molecule has 4 aromatic rings. The first kappa shape index (κ1) is 24.2. The molecule has 0 bridgehead atoms. The number of ether oxygens (including phenoxy) is 2. The zero-order chi connectivity index (χ0) is 24.6. The van der Waals surface area contributed by atoms with Crippen LogP contribution >= 0.6 is 0 Å². The number of ketones is 1. The van der Waals surface area contributed by atoms with Crippen molar-refractivity contribution in [2.24, 2.45) is 0 Å². The molecule has 36 heavy (non-hydrogen) atoms. The molecule has 2 atom stereocenters. The zero-order valence-corrected chi connectivity index (χ0v) is 20.6. The van der Waals surface area contributed by atoms with E-state index in [4.69, 9.17) is 9.47 Å². The molecule has 1 aliphatic rings. The van der Waals surface area contributed by atoms with Crippen LogP contribution in [-0.2, 0) is 11.3 Å². The summed E-state index contributed by atoms with van der Waals surface area (Å²) in [6.45, 7) is 2.99. The molecule has 1 N–H and O–H groups in total. The molecule has 4 nitrogen and oxygen atoms in total. The molecule has 0 amide bonds. The van der Waals surface area contributed by atoms with Crippen LogP contribution in [0.3, 0.4) is 0 Å². The SMILES string of the molecule is O=C(CCCOc1ccc(C2CCNCC2OCc2ccc3ccccc3c2)cc1)c1ccccc1. The summed E-state index contributed by atoms with van der Waals surface area (Å²) >= 11 is 0.